The molecule has 0 saturated carbocycles. The van der Waals surface area contributed by atoms with E-state index in [2.05, 4.69) is 12.2 Å². The lowest BCUT2D eigenvalue weighted by Crippen LogP contribution is -2.52. The van der Waals surface area contributed by atoms with Crippen LogP contribution in [0.5, 0.6) is 0 Å². The minimum atomic E-state index is 0. The number of carbonyl (C=O) groups excluding carboxylic acids is 1. The van der Waals surface area contributed by atoms with Crippen LogP contribution in [0, 0.1) is 0 Å². The number of hydrogen-bond acceptors (Lipinski definition) is 3. The number of rotatable bonds is 2. The van der Waals surface area contributed by atoms with Gasteiger partial charge in [-0.15, -0.1) is 12.4 Å². The smallest absolute Gasteiger partial charge is 0.242 e. The molecule has 2 heterocycles. The maximum absolute atomic E-state index is 12.9. The third kappa shape index (κ3) is 3.20. The van der Waals surface area contributed by atoms with Gasteiger partial charge in [0.2, 0.25) is 5.91 Å². The van der Waals surface area contributed by atoms with Gasteiger partial charge in [-0.3, -0.25) is 9.59 Å². The Labute approximate surface area is 158 Å². The number of piperazine rings is 1. The van der Waals surface area contributed by atoms with Gasteiger partial charge >= 0.3 is 0 Å². The zero-order valence-corrected chi connectivity index (χ0v) is 15.5. The fourth-order valence-electron chi connectivity index (χ4n) is 3.64. The molecule has 6 heteroatoms. The predicted octanol–water partition coefficient (Wildman–Crippen LogP) is 2.40. The van der Waals surface area contributed by atoms with Crippen molar-refractivity contribution in [3.8, 4) is 0 Å². The summed E-state index contributed by atoms with van der Waals surface area (Å²) in [4.78, 5) is 27.5. The number of nitrogens with zero attached hydrogens (tertiary/aromatic N) is 2. The van der Waals surface area contributed by atoms with Gasteiger partial charge < -0.3 is 14.8 Å². The van der Waals surface area contributed by atoms with Gasteiger partial charge in [-0.1, -0.05) is 24.3 Å². The van der Waals surface area contributed by atoms with E-state index in [9.17, 15) is 9.59 Å². The highest BCUT2D eigenvalue weighted by molar-refractivity contribution is 5.94. The second-order valence-corrected chi connectivity index (χ2v) is 6.64. The standard InChI is InChI=1S/C20H21N3O2.ClH/c1-14-12-22(11-10-21-14)19(24)13-23-17-8-4-2-6-15(17)20(25)16-7-3-5-9-18(16)23;/h2-9,14,21H,10-13H2,1H3;1H. The van der Waals surface area contributed by atoms with E-state index in [0.717, 1.165) is 30.7 Å². The molecule has 1 aromatic heterocycles. The molecule has 1 aliphatic heterocycles. The summed E-state index contributed by atoms with van der Waals surface area (Å²) in [6.07, 6.45) is 0. The molecule has 1 aliphatic rings. The van der Waals surface area contributed by atoms with E-state index in [1.54, 1.807) is 0 Å². The Morgan fingerprint density at radius 2 is 1.65 bits per heavy atom. The summed E-state index contributed by atoms with van der Waals surface area (Å²) in [6, 6.07) is 15.3. The van der Waals surface area contributed by atoms with E-state index in [0.29, 0.717) is 16.8 Å². The van der Waals surface area contributed by atoms with E-state index < -0.39 is 0 Å². The van der Waals surface area contributed by atoms with Crippen molar-refractivity contribution in [3.05, 3.63) is 58.8 Å². The van der Waals surface area contributed by atoms with Crippen molar-refractivity contribution in [3.63, 3.8) is 0 Å². The molecular weight excluding hydrogens is 350 g/mol. The quantitative estimate of drug-likeness (QED) is 0.704. The number of fused-ring (bicyclic) bond motifs is 2. The summed E-state index contributed by atoms with van der Waals surface area (Å²) < 4.78 is 1.97. The molecular formula is C20H22ClN3O2. The van der Waals surface area contributed by atoms with Gasteiger partial charge in [0.15, 0.2) is 5.43 Å². The van der Waals surface area contributed by atoms with Gasteiger partial charge in [-0.25, -0.2) is 0 Å². The third-order valence-electron chi connectivity index (χ3n) is 4.89. The summed E-state index contributed by atoms with van der Waals surface area (Å²) in [5.74, 6) is 0.0901. The maximum atomic E-state index is 12.9. The van der Waals surface area contributed by atoms with Crippen molar-refractivity contribution >= 4 is 40.1 Å². The molecule has 0 radical (unpaired) electrons. The Morgan fingerprint density at radius 3 is 2.23 bits per heavy atom. The number of amides is 1. The Morgan fingerprint density at radius 1 is 1.08 bits per heavy atom. The van der Waals surface area contributed by atoms with Gasteiger partial charge in [0.25, 0.3) is 0 Å². The molecule has 5 nitrogen and oxygen atoms in total. The van der Waals surface area contributed by atoms with Crippen LogP contribution in [-0.2, 0) is 11.3 Å². The summed E-state index contributed by atoms with van der Waals surface area (Å²) >= 11 is 0. The second-order valence-electron chi connectivity index (χ2n) is 6.64. The number of benzene rings is 2. The average molecular weight is 372 g/mol. The first-order valence-electron chi connectivity index (χ1n) is 8.66. The average Bonchev–Trinajstić information content (AvgIpc) is 2.65. The number of para-hydroxylation sites is 2. The van der Waals surface area contributed by atoms with Crippen molar-refractivity contribution < 1.29 is 4.79 Å². The molecule has 1 amide bonds. The summed E-state index contributed by atoms with van der Waals surface area (Å²) in [5, 5.41) is 4.67. The first kappa shape index (κ1) is 18.4. The number of pyridine rings is 1. The number of hydrogen-bond donors (Lipinski definition) is 1. The fraction of sp³-hybridized carbons (Fsp3) is 0.300. The van der Waals surface area contributed by atoms with Gasteiger partial charge in [-0.05, 0) is 31.2 Å². The summed E-state index contributed by atoms with van der Waals surface area (Å²) in [7, 11) is 0. The van der Waals surface area contributed by atoms with Crippen molar-refractivity contribution in [1.29, 1.82) is 0 Å². The van der Waals surface area contributed by atoms with Crippen LogP contribution in [0.25, 0.3) is 21.8 Å². The van der Waals surface area contributed by atoms with E-state index in [1.807, 2.05) is 58.0 Å². The first-order chi connectivity index (χ1) is 12.1. The van der Waals surface area contributed by atoms with Crippen LogP contribution >= 0.6 is 12.4 Å². The molecule has 26 heavy (non-hydrogen) atoms. The summed E-state index contributed by atoms with van der Waals surface area (Å²) in [6.45, 7) is 4.59. The highest BCUT2D eigenvalue weighted by Crippen LogP contribution is 2.19. The molecule has 0 bridgehead atoms. The SMILES string of the molecule is CC1CN(C(=O)Cn2c3ccccc3c(=O)c3ccccc32)CCN1.Cl. The van der Waals surface area contributed by atoms with Gasteiger partial charge in [0.05, 0.1) is 11.0 Å². The number of aromatic nitrogens is 1. The maximum Gasteiger partial charge on any atom is 0.242 e. The largest absolute Gasteiger partial charge is 0.338 e. The normalized spacial score (nSPS) is 17.3. The number of halogens is 1. The Hall–Kier alpha value is -2.37. The highest BCUT2D eigenvalue weighted by atomic mass is 35.5. The van der Waals surface area contributed by atoms with E-state index >= 15 is 0 Å². The Balaban J connectivity index is 0.00000196. The molecule has 0 spiro atoms. The van der Waals surface area contributed by atoms with Crippen LogP contribution < -0.4 is 10.7 Å². The second kappa shape index (κ2) is 7.48. The lowest BCUT2D eigenvalue weighted by atomic mass is 10.1. The highest BCUT2D eigenvalue weighted by Gasteiger charge is 2.21. The Bertz CT molecular complexity index is 955. The predicted molar refractivity (Wildman–Crippen MR) is 107 cm³/mol. The molecule has 1 fully saturated rings. The van der Waals surface area contributed by atoms with Crippen LogP contribution in [0.3, 0.4) is 0 Å². The first-order valence-corrected chi connectivity index (χ1v) is 8.66. The van der Waals surface area contributed by atoms with Crippen LogP contribution in [0.1, 0.15) is 6.92 Å². The zero-order valence-electron chi connectivity index (χ0n) is 14.6. The molecule has 2 aromatic carbocycles. The topological polar surface area (TPSA) is 54.3 Å². The fourth-order valence-corrected chi connectivity index (χ4v) is 3.64. The molecule has 1 atom stereocenters. The van der Waals surface area contributed by atoms with Gasteiger partial charge in [-0.2, -0.15) is 0 Å². The van der Waals surface area contributed by atoms with Crippen LogP contribution in [0.4, 0.5) is 0 Å². The van der Waals surface area contributed by atoms with Crippen molar-refractivity contribution in [1.82, 2.24) is 14.8 Å². The number of carbonyl (C=O) groups is 1. The van der Waals surface area contributed by atoms with E-state index in [4.69, 9.17) is 0 Å². The molecule has 136 valence electrons. The lowest BCUT2D eigenvalue weighted by molar-refractivity contribution is -0.132. The van der Waals surface area contributed by atoms with E-state index in [1.165, 1.54) is 0 Å². The van der Waals surface area contributed by atoms with Crippen molar-refractivity contribution in [2.45, 2.75) is 19.5 Å². The van der Waals surface area contributed by atoms with E-state index in [-0.39, 0.29) is 30.3 Å². The van der Waals surface area contributed by atoms with Crippen LogP contribution in [-0.4, -0.2) is 41.1 Å². The zero-order chi connectivity index (χ0) is 17.4. The molecule has 1 saturated heterocycles. The monoisotopic (exact) mass is 371 g/mol. The molecule has 1 N–H and O–H groups in total. The van der Waals surface area contributed by atoms with Crippen LogP contribution in [0.15, 0.2) is 53.3 Å². The van der Waals surface area contributed by atoms with Crippen molar-refractivity contribution in [2.24, 2.45) is 0 Å². The molecule has 3 aromatic rings. The molecule has 1 unspecified atom stereocenters. The van der Waals surface area contributed by atoms with Crippen LogP contribution in [0.2, 0.25) is 0 Å². The van der Waals surface area contributed by atoms with Gasteiger partial charge in [0, 0.05) is 36.4 Å². The van der Waals surface area contributed by atoms with Crippen molar-refractivity contribution in [2.75, 3.05) is 19.6 Å². The Kier molecular flexibility index (Phi) is 5.30. The minimum Gasteiger partial charge on any atom is -0.338 e. The minimum absolute atomic E-state index is 0. The molecule has 4 rings (SSSR count). The third-order valence-corrected chi connectivity index (χ3v) is 4.89. The lowest BCUT2D eigenvalue weighted by Gasteiger charge is -2.32. The van der Waals surface area contributed by atoms with Gasteiger partial charge in [0.1, 0.15) is 6.54 Å². The number of nitrogens with one attached hydrogen (secondary N) is 1. The molecule has 0 aliphatic carbocycles. The summed E-state index contributed by atoms with van der Waals surface area (Å²) in [5.41, 5.74) is 1.64.